The number of hydrogen-bond acceptors (Lipinski definition) is 7. The molecule has 174 valence electrons. The third kappa shape index (κ3) is 5.17. The number of nitrogens with zero attached hydrogens (tertiary/aromatic N) is 5. The van der Waals surface area contributed by atoms with Crippen LogP contribution in [-0.4, -0.2) is 98.6 Å². The molecule has 0 saturated carbocycles. The molecule has 1 aliphatic rings. The van der Waals surface area contributed by atoms with Crippen LogP contribution in [-0.2, 0) is 16.6 Å². The first-order chi connectivity index (χ1) is 15.0. The quantitative estimate of drug-likeness (QED) is 0.621. The van der Waals surface area contributed by atoms with Gasteiger partial charge in [-0.2, -0.15) is 0 Å². The van der Waals surface area contributed by atoms with Gasteiger partial charge in [-0.05, 0) is 31.2 Å². The van der Waals surface area contributed by atoms with Crippen molar-refractivity contribution < 1.29 is 18.0 Å². The van der Waals surface area contributed by atoms with Crippen LogP contribution in [0.15, 0.2) is 29.2 Å². The third-order valence-corrected chi connectivity index (χ3v) is 8.30. The maximum atomic E-state index is 12.8. The molecule has 0 spiro atoms. The van der Waals surface area contributed by atoms with Gasteiger partial charge in [-0.3, -0.25) is 14.5 Å². The van der Waals surface area contributed by atoms with E-state index >= 15 is 0 Å². The van der Waals surface area contributed by atoms with E-state index in [1.807, 2.05) is 6.92 Å². The Kier molecular flexibility index (Phi) is 7.33. The molecular weight excluding hydrogens is 450 g/mol. The van der Waals surface area contributed by atoms with Crippen LogP contribution in [0.4, 0.5) is 0 Å². The van der Waals surface area contributed by atoms with Gasteiger partial charge in [-0.25, -0.2) is 17.7 Å². The van der Waals surface area contributed by atoms with Crippen molar-refractivity contribution in [3.8, 4) is 0 Å². The maximum absolute atomic E-state index is 12.8. The molecule has 2 amide bonds. The first-order valence-corrected chi connectivity index (χ1v) is 12.5. The second-order valence-corrected chi connectivity index (χ2v) is 11.3. The molecule has 1 aliphatic heterocycles. The molecule has 11 heteroatoms. The monoisotopic (exact) mass is 479 g/mol. The van der Waals surface area contributed by atoms with E-state index in [2.05, 4.69) is 9.88 Å². The van der Waals surface area contributed by atoms with Crippen LogP contribution in [0.2, 0.25) is 0 Å². The highest BCUT2D eigenvalue weighted by atomic mass is 32.2. The number of amides is 2. The van der Waals surface area contributed by atoms with E-state index in [0.717, 1.165) is 15.0 Å². The Labute approximate surface area is 193 Å². The van der Waals surface area contributed by atoms with Crippen molar-refractivity contribution in [2.75, 3.05) is 54.4 Å². The summed E-state index contributed by atoms with van der Waals surface area (Å²) in [6, 6.07) is 6.06. The normalized spacial score (nSPS) is 15.2. The number of hydrogen-bond donors (Lipinski definition) is 0. The number of aromatic nitrogens is 1. The Balaban J connectivity index is 1.58. The van der Waals surface area contributed by atoms with Gasteiger partial charge >= 0.3 is 0 Å². The topological polar surface area (TPSA) is 94.1 Å². The average molecular weight is 480 g/mol. The van der Waals surface area contributed by atoms with E-state index in [4.69, 9.17) is 0 Å². The fourth-order valence-electron chi connectivity index (χ4n) is 3.38. The summed E-state index contributed by atoms with van der Waals surface area (Å²) in [5.41, 5.74) is 1.22. The molecule has 0 atom stereocenters. The smallest absolute Gasteiger partial charge is 0.265 e. The summed E-state index contributed by atoms with van der Waals surface area (Å²) in [5.74, 6) is -0.145. The summed E-state index contributed by atoms with van der Waals surface area (Å²) in [4.78, 5) is 36.0. The van der Waals surface area contributed by atoms with Crippen LogP contribution in [0.5, 0.6) is 0 Å². The number of carbonyl (C=O) groups is 2. The van der Waals surface area contributed by atoms with Crippen molar-refractivity contribution in [2.45, 2.75) is 18.4 Å². The predicted molar refractivity (Wildman–Crippen MR) is 123 cm³/mol. The van der Waals surface area contributed by atoms with Gasteiger partial charge in [-0.15, -0.1) is 11.3 Å². The highest BCUT2D eigenvalue weighted by molar-refractivity contribution is 7.89. The van der Waals surface area contributed by atoms with E-state index in [-0.39, 0.29) is 16.7 Å². The number of rotatable bonds is 6. The molecule has 0 N–H and O–H groups in total. The van der Waals surface area contributed by atoms with Crippen molar-refractivity contribution >= 4 is 33.2 Å². The SMILES string of the molecule is Cc1nc(CN2CCN(C(=O)c3ccc(S(=O)(=O)N(C)C)cc3)CC2)sc1C(=O)N(C)C. The molecule has 1 aromatic heterocycles. The minimum atomic E-state index is -3.52. The molecule has 9 nitrogen and oxygen atoms in total. The highest BCUT2D eigenvalue weighted by Crippen LogP contribution is 2.22. The summed E-state index contributed by atoms with van der Waals surface area (Å²) < 4.78 is 25.5. The van der Waals surface area contributed by atoms with Crippen molar-refractivity contribution in [3.63, 3.8) is 0 Å². The van der Waals surface area contributed by atoms with Crippen molar-refractivity contribution in [1.29, 1.82) is 0 Å². The average Bonchev–Trinajstić information content (AvgIpc) is 3.12. The predicted octanol–water partition coefficient (Wildman–Crippen LogP) is 1.36. The van der Waals surface area contributed by atoms with Crippen molar-refractivity contribution in [1.82, 2.24) is 24.0 Å². The zero-order valence-electron chi connectivity index (χ0n) is 19.0. The number of benzene rings is 1. The van der Waals surface area contributed by atoms with Gasteiger partial charge in [0.25, 0.3) is 11.8 Å². The number of sulfonamides is 1. The molecule has 3 rings (SSSR count). The van der Waals surface area contributed by atoms with Crippen LogP contribution < -0.4 is 0 Å². The second-order valence-electron chi connectivity index (χ2n) is 8.10. The summed E-state index contributed by atoms with van der Waals surface area (Å²) in [5, 5.41) is 0.894. The van der Waals surface area contributed by atoms with Gasteiger partial charge < -0.3 is 9.80 Å². The Morgan fingerprint density at radius 3 is 2.16 bits per heavy atom. The van der Waals surface area contributed by atoms with Crippen LogP contribution in [0.3, 0.4) is 0 Å². The lowest BCUT2D eigenvalue weighted by atomic mass is 10.2. The van der Waals surface area contributed by atoms with Crippen molar-refractivity contribution in [2.24, 2.45) is 0 Å². The molecule has 1 saturated heterocycles. The molecule has 2 heterocycles. The largest absolute Gasteiger partial charge is 0.344 e. The van der Waals surface area contributed by atoms with E-state index in [1.54, 1.807) is 36.0 Å². The summed E-state index contributed by atoms with van der Waals surface area (Å²) in [6.45, 7) is 5.05. The standard InChI is InChI=1S/C21H29N5O4S2/c1-15-19(21(28)23(2)3)31-18(22-15)14-25-10-12-26(13-11-25)20(27)16-6-8-17(9-7-16)32(29,30)24(4)5/h6-9H,10-14H2,1-5H3. The fourth-order valence-corrected chi connectivity index (χ4v) is 5.41. The molecule has 32 heavy (non-hydrogen) atoms. The minimum Gasteiger partial charge on any atom is -0.344 e. The lowest BCUT2D eigenvalue weighted by Gasteiger charge is -2.34. The summed E-state index contributed by atoms with van der Waals surface area (Å²) >= 11 is 1.42. The number of piperazine rings is 1. The van der Waals surface area contributed by atoms with E-state index in [1.165, 1.54) is 37.6 Å². The van der Waals surface area contributed by atoms with Crippen LogP contribution in [0.1, 0.15) is 30.7 Å². The molecule has 0 bridgehead atoms. The summed E-state index contributed by atoms with van der Waals surface area (Å²) in [6.07, 6.45) is 0. The van der Waals surface area contributed by atoms with Gasteiger partial charge in [0.15, 0.2) is 0 Å². The Morgan fingerprint density at radius 2 is 1.62 bits per heavy atom. The number of aryl methyl sites for hydroxylation is 1. The first kappa shape index (κ1) is 24.3. The van der Waals surface area contributed by atoms with E-state index in [9.17, 15) is 18.0 Å². The van der Waals surface area contributed by atoms with Crippen LogP contribution in [0, 0.1) is 6.92 Å². The maximum Gasteiger partial charge on any atom is 0.265 e. The zero-order valence-corrected chi connectivity index (χ0v) is 20.7. The second kappa shape index (κ2) is 9.65. The third-order valence-electron chi connectivity index (χ3n) is 5.34. The van der Waals surface area contributed by atoms with Gasteiger partial charge in [0.1, 0.15) is 9.88 Å². The van der Waals surface area contributed by atoms with Gasteiger partial charge in [0.2, 0.25) is 10.0 Å². The molecule has 0 unspecified atom stereocenters. The zero-order chi connectivity index (χ0) is 23.6. The van der Waals surface area contributed by atoms with Gasteiger partial charge in [0.05, 0.1) is 17.1 Å². The van der Waals surface area contributed by atoms with Crippen molar-refractivity contribution in [3.05, 3.63) is 45.4 Å². The molecular formula is C21H29N5O4S2. The van der Waals surface area contributed by atoms with Crippen LogP contribution >= 0.6 is 11.3 Å². The van der Waals surface area contributed by atoms with Gasteiger partial charge in [0, 0.05) is 59.9 Å². The highest BCUT2D eigenvalue weighted by Gasteiger charge is 2.25. The molecule has 1 fully saturated rings. The van der Waals surface area contributed by atoms with Gasteiger partial charge in [-0.1, -0.05) is 0 Å². The lowest BCUT2D eigenvalue weighted by molar-refractivity contribution is 0.0628. The van der Waals surface area contributed by atoms with E-state index < -0.39 is 10.0 Å². The summed E-state index contributed by atoms with van der Waals surface area (Å²) in [7, 11) is 2.88. The Hall–Kier alpha value is -2.34. The van der Waals surface area contributed by atoms with Crippen LogP contribution in [0.25, 0.3) is 0 Å². The molecule has 2 aromatic rings. The fraction of sp³-hybridized carbons (Fsp3) is 0.476. The van der Waals surface area contributed by atoms with E-state index in [0.29, 0.717) is 43.2 Å². The molecule has 1 aromatic carbocycles. The number of thiazole rings is 1. The first-order valence-electron chi connectivity index (χ1n) is 10.2. The molecule has 0 radical (unpaired) electrons. The minimum absolute atomic E-state index is 0.0360. The number of carbonyl (C=O) groups excluding carboxylic acids is 2. The Bertz CT molecular complexity index is 1090. The lowest BCUT2D eigenvalue weighted by Crippen LogP contribution is -2.48. The Morgan fingerprint density at radius 1 is 1.03 bits per heavy atom. The molecule has 0 aliphatic carbocycles.